The summed E-state index contributed by atoms with van der Waals surface area (Å²) in [5.74, 6) is 2.48. The molecule has 0 bridgehead atoms. The summed E-state index contributed by atoms with van der Waals surface area (Å²) in [6.07, 6.45) is 2.35. The van der Waals surface area contributed by atoms with Gasteiger partial charge in [0.1, 0.15) is 0 Å². The topological polar surface area (TPSA) is 12.0 Å². The van der Waals surface area contributed by atoms with Gasteiger partial charge in [-0.2, -0.15) is 11.8 Å². The van der Waals surface area contributed by atoms with E-state index in [0.29, 0.717) is 6.04 Å². The van der Waals surface area contributed by atoms with E-state index in [0.717, 1.165) is 13.0 Å². The Bertz CT molecular complexity index is 580. The third-order valence-corrected chi connectivity index (χ3v) is 6.34. The molecule has 2 aromatic rings. The van der Waals surface area contributed by atoms with Crippen molar-refractivity contribution in [1.29, 1.82) is 0 Å². The van der Waals surface area contributed by atoms with Gasteiger partial charge in [0.25, 0.3) is 0 Å². The van der Waals surface area contributed by atoms with Gasteiger partial charge in [-0.1, -0.05) is 38.1 Å². The number of nitrogens with one attached hydrogen (secondary N) is 1. The molecule has 0 amide bonds. The zero-order valence-corrected chi connectivity index (χ0v) is 14.4. The van der Waals surface area contributed by atoms with E-state index in [-0.39, 0.29) is 0 Å². The van der Waals surface area contributed by atoms with Gasteiger partial charge in [-0.3, -0.25) is 0 Å². The Hall–Kier alpha value is -0.770. The second kappa shape index (κ2) is 6.99. The minimum atomic E-state index is 0.349. The van der Waals surface area contributed by atoms with Crippen LogP contribution in [0.25, 0.3) is 0 Å². The molecule has 0 saturated carbocycles. The highest BCUT2D eigenvalue weighted by atomic mass is 32.2. The van der Waals surface area contributed by atoms with E-state index in [1.54, 1.807) is 10.4 Å². The first-order chi connectivity index (χ1) is 10.3. The average molecular weight is 318 g/mol. The molecule has 0 aliphatic carbocycles. The predicted octanol–water partition coefficient (Wildman–Crippen LogP) is 4.80. The van der Waals surface area contributed by atoms with Crippen LogP contribution in [0, 0.1) is 0 Å². The van der Waals surface area contributed by atoms with Crippen LogP contribution in [0.1, 0.15) is 46.3 Å². The molecule has 112 valence electrons. The number of rotatable bonds is 5. The Balaban J connectivity index is 1.94. The van der Waals surface area contributed by atoms with E-state index in [4.69, 9.17) is 0 Å². The van der Waals surface area contributed by atoms with Crippen LogP contribution in [0.4, 0.5) is 0 Å². The summed E-state index contributed by atoms with van der Waals surface area (Å²) in [4.78, 5) is 3.09. The highest BCUT2D eigenvalue weighted by Crippen LogP contribution is 2.36. The lowest BCUT2D eigenvalue weighted by Gasteiger charge is -2.17. The van der Waals surface area contributed by atoms with Crippen LogP contribution in [0.15, 0.2) is 30.3 Å². The lowest BCUT2D eigenvalue weighted by Crippen LogP contribution is -2.21. The number of hydrogen-bond donors (Lipinski definition) is 1. The van der Waals surface area contributed by atoms with E-state index in [9.17, 15) is 0 Å². The van der Waals surface area contributed by atoms with Crippen LogP contribution in [0.2, 0.25) is 0 Å². The molecule has 0 fully saturated rings. The molecule has 2 heterocycles. The average Bonchev–Trinajstić information content (AvgIpc) is 2.96. The molecular formula is C18H23NS2. The van der Waals surface area contributed by atoms with Gasteiger partial charge < -0.3 is 5.32 Å². The minimum Gasteiger partial charge on any atom is -0.306 e. The van der Waals surface area contributed by atoms with Gasteiger partial charge in [-0.25, -0.2) is 0 Å². The van der Waals surface area contributed by atoms with Crippen LogP contribution in [0.5, 0.6) is 0 Å². The monoisotopic (exact) mass is 317 g/mol. The molecule has 1 unspecified atom stereocenters. The molecule has 0 radical (unpaired) electrons. The van der Waals surface area contributed by atoms with Gasteiger partial charge in [0.2, 0.25) is 0 Å². The fraction of sp³-hybridized carbons (Fsp3) is 0.444. The molecule has 3 rings (SSSR count). The second-order valence-corrected chi connectivity index (χ2v) is 7.76. The molecule has 1 aromatic heterocycles. The third kappa shape index (κ3) is 3.36. The first-order valence-electron chi connectivity index (χ1n) is 7.83. The number of thiophene rings is 1. The van der Waals surface area contributed by atoms with E-state index in [2.05, 4.69) is 61.3 Å². The van der Waals surface area contributed by atoms with E-state index >= 15 is 0 Å². The Morgan fingerprint density at radius 1 is 1.24 bits per heavy atom. The van der Waals surface area contributed by atoms with Crippen molar-refractivity contribution in [3.63, 3.8) is 0 Å². The van der Waals surface area contributed by atoms with Crippen molar-refractivity contribution in [1.82, 2.24) is 5.32 Å². The van der Waals surface area contributed by atoms with Crippen molar-refractivity contribution < 1.29 is 0 Å². The summed E-state index contributed by atoms with van der Waals surface area (Å²) >= 11 is 4.08. The molecular weight excluding hydrogens is 294 g/mol. The maximum Gasteiger partial charge on any atom is 0.0671 e. The third-order valence-electron chi connectivity index (χ3n) is 4.03. The highest BCUT2D eigenvalue weighted by molar-refractivity contribution is 7.98. The SMILES string of the molecule is CCNC(c1cccc(CC)c1)c1cc2c(s1)CCSC2. The number of hydrogen-bond acceptors (Lipinski definition) is 3. The summed E-state index contributed by atoms with van der Waals surface area (Å²) in [5, 5.41) is 3.68. The smallest absolute Gasteiger partial charge is 0.0671 e. The lowest BCUT2D eigenvalue weighted by atomic mass is 10.0. The first-order valence-corrected chi connectivity index (χ1v) is 9.80. The molecule has 1 nitrogen and oxygen atoms in total. The molecule has 1 aliphatic rings. The molecule has 21 heavy (non-hydrogen) atoms. The number of aryl methyl sites for hydroxylation is 2. The summed E-state index contributed by atoms with van der Waals surface area (Å²) in [6.45, 7) is 5.42. The van der Waals surface area contributed by atoms with Crippen molar-refractivity contribution in [2.75, 3.05) is 12.3 Å². The molecule has 1 aliphatic heterocycles. The van der Waals surface area contributed by atoms with Crippen LogP contribution >= 0.6 is 23.1 Å². The van der Waals surface area contributed by atoms with Gasteiger partial charge in [-0.15, -0.1) is 11.3 Å². The Morgan fingerprint density at radius 2 is 2.14 bits per heavy atom. The van der Waals surface area contributed by atoms with Crippen molar-refractivity contribution in [2.45, 2.75) is 38.5 Å². The van der Waals surface area contributed by atoms with Gasteiger partial charge in [0, 0.05) is 15.5 Å². The summed E-state index contributed by atoms with van der Waals surface area (Å²) in [5.41, 5.74) is 4.40. The molecule has 1 atom stereocenters. The molecule has 3 heteroatoms. The second-order valence-electron chi connectivity index (χ2n) is 5.49. The first kappa shape index (κ1) is 15.1. The fourth-order valence-electron chi connectivity index (χ4n) is 2.89. The Morgan fingerprint density at radius 3 is 2.90 bits per heavy atom. The van der Waals surface area contributed by atoms with Crippen LogP contribution < -0.4 is 5.32 Å². The van der Waals surface area contributed by atoms with Gasteiger partial charge in [-0.05, 0) is 47.9 Å². The van der Waals surface area contributed by atoms with Crippen molar-refractivity contribution in [2.24, 2.45) is 0 Å². The Kier molecular flexibility index (Phi) is 5.04. The number of benzene rings is 1. The van der Waals surface area contributed by atoms with Crippen molar-refractivity contribution >= 4 is 23.1 Å². The van der Waals surface area contributed by atoms with Crippen molar-refractivity contribution in [3.05, 3.63) is 56.8 Å². The van der Waals surface area contributed by atoms with Crippen LogP contribution in [0.3, 0.4) is 0 Å². The van der Waals surface area contributed by atoms with Gasteiger partial charge in [0.15, 0.2) is 0 Å². The molecule has 0 spiro atoms. The van der Waals surface area contributed by atoms with Gasteiger partial charge in [0.05, 0.1) is 6.04 Å². The largest absolute Gasteiger partial charge is 0.306 e. The molecule has 1 aromatic carbocycles. The predicted molar refractivity (Wildman–Crippen MR) is 95.5 cm³/mol. The quantitative estimate of drug-likeness (QED) is 0.850. The van der Waals surface area contributed by atoms with Crippen LogP contribution in [-0.4, -0.2) is 12.3 Å². The summed E-state index contributed by atoms with van der Waals surface area (Å²) in [6, 6.07) is 11.8. The van der Waals surface area contributed by atoms with E-state index in [1.807, 2.05) is 11.3 Å². The highest BCUT2D eigenvalue weighted by Gasteiger charge is 2.20. The lowest BCUT2D eigenvalue weighted by molar-refractivity contribution is 0.639. The summed E-state index contributed by atoms with van der Waals surface area (Å²) in [7, 11) is 0. The van der Waals surface area contributed by atoms with Crippen molar-refractivity contribution in [3.8, 4) is 0 Å². The molecule has 0 saturated heterocycles. The standard InChI is InChI=1S/C18H23NS2/c1-3-13-6-5-7-14(10-13)18(19-4-2)17-11-15-12-20-9-8-16(15)21-17/h5-7,10-11,18-19H,3-4,8-9,12H2,1-2H3. The maximum atomic E-state index is 3.68. The normalized spacial score (nSPS) is 15.7. The van der Waals surface area contributed by atoms with Crippen LogP contribution in [-0.2, 0) is 18.6 Å². The van der Waals surface area contributed by atoms with Gasteiger partial charge >= 0.3 is 0 Å². The van der Waals surface area contributed by atoms with E-state index < -0.39 is 0 Å². The number of fused-ring (bicyclic) bond motifs is 1. The number of thioether (sulfide) groups is 1. The summed E-state index contributed by atoms with van der Waals surface area (Å²) < 4.78 is 0. The Labute approximate surface area is 136 Å². The maximum absolute atomic E-state index is 3.68. The fourth-order valence-corrected chi connectivity index (χ4v) is 5.37. The zero-order valence-electron chi connectivity index (χ0n) is 12.8. The van der Waals surface area contributed by atoms with E-state index in [1.165, 1.54) is 33.9 Å². The zero-order chi connectivity index (χ0) is 14.7. The molecule has 1 N–H and O–H groups in total. The minimum absolute atomic E-state index is 0.349.